The second-order valence-electron chi connectivity index (χ2n) is 11.7. The molecule has 0 unspecified atom stereocenters. The van der Waals surface area contributed by atoms with Gasteiger partial charge in [-0.3, -0.25) is 9.36 Å². The molecule has 1 fully saturated rings. The van der Waals surface area contributed by atoms with Gasteiger partial charge in [-0.15, -0.1) is 5.10 Å². The number of unbranched alkanes of at least 4 members (excludes halogenated alkanes) is 1. The highest BCUT2D eigenvalue weighted by molar-refractivity contribution is 7.90. The van der Waals surface area contributed by atoms with Gasteiger partial charge in [0, 0.05) is 17.9 Å². The normalized spacial score (nSPS) is 16.1. The largest absolute Gasteiger partial charge is 0.418 e. The van der Waals surface area contributed by atoms with E-state index < -0.39 is 33.4 Å². The summed E-state index contributed by atoms with van der Waals surface area (Å²) in [4.78, 5) is 26.0. The first-order chi connectivity index (χ1) is 20.7. The van der Waals surface area contributed by atoms with Gasteiger partial charge in [-0.05, 0) is 47.6 Å². The Balaban J connectivity index is 1.45. The third kappa shape index (κ3) is 6.35. The quantitative estimate of drug-likeness (QED) is 0.234. The van der Waals surface area contributed by atoms with Crippen molar-refractivity contribution in [2.24, 2.45) is 11.3 Å². The summed E-state index contributed by atoms with van der Waals surface area (Å²) in [5.74, 6) is -0.521. The summed E-state index contributed by atoms with van der Waals surface area (Å²) in [5.41, 5.74) is -0.583. The minimum Gasteiger partial charge on any atom is -0.274 e. The van der Waals surface area contributed by atoms with E-state index in [1.165, 1.54) is 28.8 Å². The van der Waals surface area contributed by atoms with Gasteiger partial charge in [-0.2, -0.15) is 17.9 Å². The van der Waals surface area contributed by atoms with Crippen molar-refractivity contribution in [1.29, 1.82) is 0 Å². The first-order valence-corrected chi connectivity index (χ1v) is 15.8. The zero-order valence-corrected chi connectivity index (χ0v) is 25.4. The number of halogens is 3. The number of carbonyl (C=O) groups is 1. The van der Waals surface area contributed by atoms with E-state index in [0.717, 1.165) is 17.2 Å². The molecule has 1 aliphatic carbocycles. The van der Waals surface area contributed by atoms with Crippen molar-refractivity contribution in [2.75, 3.05) is 0 Å². The van der Waals surface area contributed by atoms with E-state index in [4.69, 9.17) is 0 Å². The first-order valence-electron chi connectivity index (χ1n) is 14.3. The number of nitrogens with one attached hydrogen (secondary N) is 1. The molecule has 232 valence electrons. The molecule has 0 radical (unpaired) electrons. The Hall–Kier alpha value is -4.19. The van der Waals surface area contributed by atoms with Crippen LogP contribution < -0.4 is 10.4 Å². The van der Waals surface area contributed by atoms with Crippen LogP contribution in [0.2, 0.25) is 0 Å². The summed E-state index contributed by atoms with van der Waals surface area (Å²) in [6, 6.07) is 18.0. The Morgan fingerprint density at radius 2 is 1.66 bits per heavy atom. The Bertz CT molecular complexity index is 1860. The maximum Gasteiger partial charge on any atom is 0.418 e. The van der Waals surface area contributed by atoms with Crippen molar-refractivity contribution >= 4 is 15.9 Å². The van der Waals surface area contributed by atoms with E-state index in [9.17, 15) is 31.2 Å². The molecule has 1 amide bonds. The van der Waals surface area contributed by atoms with Crippen molar-refractivity contribution in [3.63, 3.8) is 0 Å². The lowest BCUT2D eigenvalue weighted by Crippen LogP contribution is -2.33. The number of nitrogens with zero attached hydrogens (tertiary/aromatic N) is 3. The molecule has 0 bridgehead atoms. The van der Waals surface area contributed by atoms with Crippen LogP contribution in [0.5, 0.6) is 0 Å². The number of para-hydroxylation sites is 1. The van der Waals surface area contributed by atoms with Crippen LogP contribution in [0.1, 0.15) is 57.0 Å². The molecule has 8 nitrogen and oxygen atoms in total. The second-order valence-corrected chi connectivity index (χ2v) is 13.4. The number of hydrogen-bond acceptors (Lipinski definition) is 5. The number of aromatic nitrogens is 3. The topological polar surface area (TPSA) is 103 Å². The molecule has 0 aliphatic heterocycles. The third-order valence-electron chi connectivity index (χ3n) is 7.98. The lowest BCUT2D eigenvalue weighted by molar-refractivity contribution is -0.137. The van der Waals surface area contributed by atoms with Gasteiger partial charge in [-0.1, -0.05) is 81.8 Å². The predicted molar refractivity (Wildman–Crippen MR) is 160 cm³/mol. The summed E-state index contributed by atoms with van der Waals surface area (Å²) in [7, 11) is -4.15. The molecule has 12 heteroatoms. The highest BCUT2D eigenvalue weighted by Gasteiger charge is 2.51. The second kappa shape index (κ2) is 11.7. The molecule has 1 aromatic heterocycles. The average molecular weight is 627 g/mol. The molecule has 1 aliphatic rings. The standard InChI is InChI=1S/C32H33F3N4O4S/c1-4-5-14-28-36-39(26-12-8-7-11-24(26)32(33,34)35)30(41)38(28)20-21-15-17-22(18-16-21)23-10-6-9-13-27(23)44(42,43)37-29(40)25-19-31(25,2)3/h6-13,15-18,25H,4-5,14,19-20H2,1-3H3,(H,37,40)/t25-/m1/s1. The van der Waals surface area contributed by atoms with Gasteiger partial charge in [0.2, 0.25) is 5.91 Å². The number of sulfonamides is 1. The average Bonchev–Trinajstić information content (AvgIpc) is 3.53. The van der Waals surface area contributed by atoms with Crippen LogP contribution in [0.3, 0.4) is 0 Å². The van der Waals surface area contributed by atoms with Gasteiger partial charge in [0.1, 0.15) is 5.82 Å². The smallest absolute Gasteiger partial charge is 0.274 e. The monoisotopic (exact) mass is 626 g/mol. The van der Waals surface area contributed by atoms with E-state index in [0.29, 0.717) is 41.8 Å². The molecule has 1 heterocycles. The predicted octanol–water partition coefficient (Wildman–Crippen LogP) is 5.96. The summed E-state index contributed by atoms with van der Waals surface area (Å²) >= 11 is 0. The van der Waals surface area contributed by atoms with Crippen LogP contribution in [0, 0.1) is 11.3 Å². The molecular weight excluding hydrogens is 593 g/mol. The number of hydrogen-bond donors (Lipinski definition) is 1. The van der Waals surface area contributed by atoms with Gasteiger partial charge in [-0.25, -0.2) is 17.9 Å². The van der Waals surface area contributed by atoms with E-state index in [2.05, 4.69) is 9.82 Å². The molecule has 5 rings (SSSR count). The van der Waals surface area contributed by atoms with Crippen LogP contribution in [0.25, 0.3) is 16.8 Å². The van der Waals surface area contributed by atoms with E-state index in [1.54, 1.807) is 42.5 Å². The summed E-state index contributed by atoms with van der Waals surface area (Å²) < 4.78 is 72.0. The number of rotatable bonds is 10. The fraction of sp³-hybridized carbons (Fsp3) is 0.344. The lowest BCUT2D eigenvalue weighted by Gasteiger charge is -2.13. The maximum atomic E-state index is 13.7. The van der Waals surface area contributed by atoms with Gasteiger partial charge in [0.05, 0.1) is 22.7 Å². The fourth-order valence-electron chi connectivity index (χ4n) is 5.26. The zero-order chi connectivity index (χ0) is 31.9. The van der Waals surface area contributed by atoms with Crippen LogP contribution in [0.15, 0.2) is 82.5 Å². The van der Waals surface area contributed by atoms with Crippen LogP contribution in [-0.2, 0) is 34.0 Å². The maximum absolute atomic E-state index is 13.7. The highest BCUT2D eigenvalue weighted by atomic mass is 32.2. The SMILES string of the molecule is CCCCc1nn(-c2ccccc2C(F)(F)F)c(=O)n1Cc1ccc(-c2ccccc2S(=O)(=O)NC(=O)[C@H]2CC2(C)C)cc1. The molecule has 1 atom stereocenters. The Morgan fingerprint density at radius 3 is 2.30 bits per heavy atom. The molecular formula is C32H33F3N4O4S. The minimum atomic E-state index is -4.67. The van der Waals surface area contributed by atoms with Crippen molar-refractivity contribution in [3.05, 3.63) is 100 Å². The molecule has 44 heavy (non-hydrogen) atoms. The molecule has 3 aromatic carbocycles. The van der Waals surface area contributed by atoms with Crippen molar-refractivity contribution in [2.45, 2.75) is 64.1 Å². The Labute approximate surface area is 253 Å². The zero-order valence-electron chi connectivity index (χ0n) is 24.6. The van der Waals surface area contributed by atoms with Crippen LogP contribution >= 0.6 is 0 Å². The fourth-order valence-corrected chi connectivity index (χ4v) is 6.51. The lowest BCUT2D eigenvalue weighted by atomic mass is 10.0. The van der Waals surface area contributed by atoms with Crippen molar-refractivity contribution < 1.29 is 26.4 Å². The van der Waals surface area contributed by atoms with Crippen molar-refractivity contribution in [1.82, 2.24) is 19.1 Å². The Morgan fingerprint density at radius 1 is 1.02 bits per heavy atom. The van der Waals surface area contributed by atoms with Crippen LogP contribution in [0.4, 0.5) is 13.2 Å². The minimum absolute atomic E-state index is 0.0396. The number of aryl methyl sites for hydroxylation is 1. The Kier molecular flexibility index (Phi) is 8.32. The van der Waals surface area contributed by atoms with E-state index >= 15 is 0 Å². The number of amides is 1. The molecule has 1 saturated carbocycles. The molecule has 0 spiro atoms. The van der Waals surface area contributed by atoms with Gasteiger partial charge in [0.15, 0.2) is 0 Å². The molecule has 4 aromatic rings. The van der Waals surface area contributed by atoms with Crippen molar-refractivity contribution in [3.8, 4) is 16.8 Å². The molecule has 1 N–H and O–H groups in total. The number of carbonyl (C=O) groups excluding carboxylic acids is 1. The van der Waals surface area contributed by atoms with Gasteiger partial charge < -0.3 is 0 Å². The number of alkyl halides is 3. The van der Waals surface area contributed by atoms with E-state index in [1.807, 2.05) is 20.8 Å². The molecule has 0 saturated heterocycles. The number of benzene rings is 3. The van der Waals surface area contributed by atoms with Gasteiger partial charge in [0.25, 0.3) is 10.0 Å². The summed E-state index contributed by atoms with van der Waals surface area (Å²) in [6.45, 7) is 5.84. The van der Waals surface area contributed by atoms with Gasteiger partial charge >= 0.3 is 11.9 Å². The first kappa shape index (κ1) is 31.2. The van der Waals surface area contributed by atoms with E-state index in [-0.39, 0.29) is 28.5 Å². The highest BCUT2D eigenvalue weighted by Crippen LogP contribution is 2.51. The summed E-state index contributed by atoms with van der Waals surface area (Å²) in [5, 5.41) is 4.31. The third-order valence-corrected chi connectivity index (χ3v) is 9.38. The summed E-state index contributed by atoms with van der Waals surface area (Å²) in [6.07, 6.45) is -2.15. The van der Waals surface area contributed by atoms with Crippen LogP contribution in [-0.4, -0.2) is 28.7 Å².